The number of nitrogens with two attached hydrogens (primary N) is 1. The van der Waals surface area contributed by atoms with Gasteiger partial charge in [-0.3, -0.25) is 4.79 Å². The number of halogens is 2. The van der Waals surface area contributed by atoms with E-state index in [0.29, 0.717) is 18.0 Å². The molecule has 1 atom stereocenters. The molecule has 19 heavy (non-hydrogen) atoms. The lowest BCUT2D eigenvalue weighted by Crippen LogP contribution is -2.39. The average molecular weight is 320 g/mol. The zero-order valence-electron chi connectivity index (χ0n) is 10.4. The molecule has 0 unspecified atom stereocenters. The van der Waals surface area contributed by atoms with E-state index in [2.05, 4.69) is 10.3 Å². The van der Waals surface area contributed by atoms with Crippen LogP contribution in [0.2, 0.25) is 5.02 Å². The van der Waals surface area contributed by atoms with Crippen molar-refractivity contribution in [3.63, 3.8) is 0 Å². The Balaban J connectivity index is 0.00000180. The Hall–Kier alpha value is -0.880. The van der Waals surface area contributed by atoms with Gasteiger partial charge in [0.1, 0.15) is 0 Å². The number of nitrogens with zero attached hydrogens (tertiary/aromatic N) is 1. The van der Waals surface area contributed by atoms with Gasteiger partial charge in [0.15, 0.2) is 0 Å². The van der Waals surface area contributed by atoms with Gasteiger partial charge in [0.25, 0.3) is 0 Å². The number of thiazole rings is 1. The van der Waals surface area contributed by atoms with Crippen LogP contribution in [0.1, 0.15) is 11.9 Å². The summed E-state index contributed by atoms with van der Waals surface area (Å²) in [5.41, 5.74) is 6.36. The summed E-state index contributed by atoms with van der Waals surface area (Å²) in [7, 11) is 0. The fourth-order valence-electron chi connectivity index (χ4n) is 1.51. The van der Waals surface area contributed by atoms with Gasteiger partial charge in [-0.25, -0.2) is 4.98 Å². The lowest BCUT2D eigenvalue weighted by Gasteiger charge is -2.05. The van der Waals surface area contributed by atoms with Crippen LogP contribution in [0.5, 0.6) is 0 Å². The van der Waals surface area contributed by atoms with Gasteiger partial charge in [-0.1, -0.05) is 11.6 Å². The number of amides is 1. The molecule has 3 N–H and O–H groups in total. The first-order chi connectivity index (χ1) is 8.56. The number of carbonyl (C=O) groups excluding carboxylic acids is 1. The van der Waals surface area contributed by atoms with E-state index in [9.17, 15) is 4.79 Å². The number of hydrogen-bond donors (Lipinski definition) is 2. The van der Waals surface area contributed by atoms with Crippen molar-refractivity contribution in [2.24, 2.45) is 5.73 Å². The monoisotopic (exact) mass is 319 g/mol. The maximum absolute atomic E-state index is 11.3. The Labute approximate surface area is 126 Å². The Morgan fingerprint density at radius 2 is 2.32 bits per heavy atom. The van der Waals surface area contributed by atoms with Gasteiger partial charge >= 0.3 is 0 Å². The second-order valence-electron chi connectivity index (χ2n) is 4.05. The number of aromatic nitrogens is 1. The quantitative estimate of drug-likeness (QED) is 0.909. The summed E-state index contributed by atoms with van der Waals surface area (Å²) < 4.78 is 1.10. The minimum atomic E-state index is -0.473. The second-order valence-corrected chi connectivity index (χ2v) is 5.60. The first-order valence-electron chi connectivity index (χ1n) is 5.64. The molecule has 0 aliphatic heterocycles. The molecule has 0 radical (unpaired) electrons. The van der Waals surface area contributed by atoms with Crippen LogP contribution >= 0.6 is 35.3 Å². The van der Waals surface area contributed by atoms with Crippen molar-refractivity contribution < 1.29 is 4.79 Å². The number of fused-ring (bicyclic) bond motifs is 1. The van der Waals surface area contributed by atoms with Crippen molar-refractivity contribution in [1.29, 1.82) is 0 Å². The van der Waals surface area contributed by atoms with Gasteiger partial charge in [-0.15, -0.1) is 23.7 Å². The second kappa shape index (κ2) is 7.05. The minimum Gasteiger partial charge on any atom is -0.354 e. The van der Waals surface area contributed by atoms with E-state index in [1.807, 2.05) is 18.2 Å². The maximum atomic E-state index is 11.3. The van der Waals surface area contributed by atoms with Crippen LogP contribution in [0, 0.1) is 0 Å². The van der Waals surface area contributed by atoms with E-state index >= 15 is 0 Å². The van der Waals surface area contributed by atoms with Gasteiger partial charge in [0.2, 0.25) is 5.91 Å². The number of carbonyl (C=O) groups is 1. The molecule has 1 aromatic carbocycles. The van der Waals surface area contributed by atoms with E-state index in [1.165, 1.54) is 0 Å². The van der Waals surface area contributed by atoms with Gasteiger partial charge in [0.05, 0.1) is 21.3 Å². The molecule has 1 amide bonds. The number of rotatable bonds is 4. The van der Waals surface area contributed by atoms with Crippen LogP contribution in [0.3, 0.4) is 0 Å². The molecule has 0 aliphatic carbocycles. The summed E-state index contributed by atoms with van der Waals surface area (Å²) in [5.74, 6) is -0.140. The Morgan fingerprint density at radius 1 is 1.58 bits per heavy atom. The number of benzene rings is 1. The Bertz CT molecular complexity index is 571. The van der Waals surface area contributed by atoms with E-state index < -0.39 is 6.04 Å². The highest BCUT2D eigenvalue weighted by Crippen LogP contribution is 2.24. The standard InChI is InChI=1S/C12H14ClN3OS.ClH/c1-7(14)12(17)15-5-4-11-16-9-6-8(13)2-3-10(9)18-11;/h2-3,6-7H,4-5,14H2,1H3,(H,15,17);1H/t7-;/m0./s1. The predicted octanol–water partition coefficient (Wildman–Crippen LogP) is 2.38. The molecule has 104 valence electrons. The molecule has 4 nitrogen and oxygen atoms in total. The van der Waals surface area contributed by atoms with Gasteiger partial charge in [-0.2, -0.15) is 0 Å². The van der Waals surface area contributed by atoms with Crippen LogP contribution in [0.15, 0.2) is 18.2 Å². The van der Waals surface area contributed by atoms with Crippen molar-refractivity contribution >= 4 is 51.5 Å². The van der Waals surface area contributed by atoms with Crippen LogP contribution in [-0.2, 0) is 11.2 Å². The van der Waals surface area contributed by atoms with Gasteiger partial charge < -0.3 is 11.1 Å². The van der Waals surface area contributed by atoms with Gasteiger partial charge in [-0.05, 0) is 25.1 Å². The highest BCUT2D eigenvalue weighted by molar-refractivity contribution is 7.18. The zero-order chi connectivity index (χ0) is 13.1. The Kier molecular flexibility index (Phi) is 6.00. The third-order valence-corrected chi connectivity index (χ3v) is 3.78. The number of hydrogen-bond acceptors (Lipinski definition) is 4. The van der Waals surface area contributed by atoms with E-state index in [1.54, 1.807) is 18.3 Å². The third-order valence-electron chi connectivity index (χ3n) is 2.45. The zero-order valence-corrected chi connectivity index (χ0v) is 12.7. The summed E-state index contributed by atoms with van der Waals surface area (Å²) in [6.45, 7) is 2.21. The fourth-order valence-corrected chi connectivity index (χ4v) is 2.62. The molecule has 2 rings (SSSR count). The third kappa shape index (κ3) is 4.31. The van der Waals surface area contributed by atoms with Crippen LogP contribution in [-0.4, -0.2) is 23.5 Å². The van der Waals surface area contributed by atoms with Crippen LogP contribution in [0.4, 0.5) is 0 Å². The maximum Gasteiger partial charge on any atom is 0.236 e. The van der Waals surface area contributed by atoms with E-state index in [-0.39, 0.29) is 18.3 Å². The summed E-state index contributed by atoms with van der Waals surface area (Å²) >= 11 is 7.52. The molecule has 1 heterocycles. The molecular weight excluding hydrogens is 305 g/mol. The predicted molar refractivity (Wildman–Crippen MR) is 82.2 cm³/mol. The highest BCUT2D eigenvalue weighted by Gasteiger charge is 2.08. The van der Waals surface area contributed by atoms with Crippen molar-refractivity contribution in [3.8, 4) is 0 Å². The smallest absolute Gasteiger partial charge is 0.236 e. The molecule has 2 aromatic rings. The first kappa shape index (κ1) is 16.2. The topological polar surface area (TPSA) is 68.0 Å². The van der Waals surface area contributed by atoms with E-state index in [0.717, 1.165) is 15.2 Å². The molecule has 0 bridgehead atoms. The molecular formula is C12H15Cl2N3OS. The van der Waals surface area contributed by atoms with Crippen molar-refractivity contribution in [2.45, 2.75) is 19.4 Å². The van der Waals surface area contributed by atoms with E-state index in [4.69, 9.17) is 17.3 Å². The molecule has 1 aromatic heterocycles. The first-order valence-corrected chi connectivity index (χ1v) is 6.84. The molecule has 0 aliphatic rings. The Morgan fingerprint density at radius 3 is 3.00 bits per heavy atom. The van der Waals surface area contributed by atoms with Crippen molar-refractivity contribution in [2.75, 3.05) is 6.54 Å². The lowest BCUT2D eigenvalue weighted by molar-refractivity contribution is -0.121. The molecule has 7 heteroatoms. The largest absolute Gasteiger partial charge is 0.354 e. The molecule has 0 fully saturated rings. The molecule has 0 spiro atoms. The summed E-state index contributed by atoms with van der Waals surface area (Å²) in [5, 5.41) is 4.43. The fraction of sp³-hybridized carbons (Fsp3) is 0.333. The average Bonchev–Trinajstić information content (AvgIpc) is 2.70. The minimum absolute atomic E-state index is 0. The number of nitrogens with one attached hydrogen (secondary N) is 1. The lowest BCUT2D eigenvalue weighted by atomic mass is 10.3. The SMILES string of the molecule is C[C@H](N)C(=O)NCCc1nc2cc(Cl)ccc2s1.Cl. The van der Waals surface area contributed by atoms with Crippen LogP contribution < -0.4 is 11.1 Å². The summed E-state index contributed by atoms with van der Waals surface area (Å²) in [4.78, 5) is 15.7. The van der Waals surface area contributed by atoms with Gasteiger partial charge in [0, 0.05) is 18.0 Å². The summed E-state index contributed by atoms with van der Waals surface area (Å²) in [6, 6.07) is 5.18. The highest BCUT2D eigenvalue weighted by atomic mass is 35.5. The molecule has 0 saturated heterocycles. The van der Waals surface area contributed by atoms with Crippen LogP contribution in [0.25, 0.3) is 10.2 Å². The van der Waals surface area contributed by atoms with Crippen molar-refractivity contribution in [1.82, 2.24) is 10.3 Å². The van der Waals surface area contributed by atoms with Crippen molar-refractivity contribution in [3.05, 3.63) is 28.2 Å². The molecule has 0 saturated carbocycles. The normalized spacial score (nSPS) is 11.9. The summed E-state index contributed by atoms with van der Waals surface area (Å²) in [6.07, 6.45) is 0.704.